The van der Waals surface area contributed by atoms with Crippen LogP contribution in [-0.2, 0) is 4.79 Å². The van der Waals surface area contributed by atoms with Gasteiger partial charge in [-0.1, -0.05) is 35.9 Å². The van der Waals surface area contributed by atoms with Gasteiger partial charge in [-0.25, -0.2) is 15.2 Å². The van der Waals surface area contributed by atoms with Crippen molar-refractivity contribution in [3.8, 4) is 0 Å². The van der Waals surface area contributed by atoms with Crippen LogP contribution in [0.3, 0.4) is 0 Å². The van der Waals surface area contributed by atoms with Crippen LogP contribution in [0.5, 0.6) is 0 Å². The first-order chi connectivity index (χ1) is 11.1. The van der Waals surface area contributed by atoms with Crippen LogP contribution in [-0.4, -0.2) is 19.0 Å². The fourth-order valence-corrected chi connectivity index (χ4v) is 2.97. The second-order valence-corrected chi connectivity index (χ2v) is 5.94. The molecule has 2 unspecified atom stereocenters. The quantitative estimate of drug-likeness (QED) is 0.907. The molecule has 0 saturated carbocycles. The Labute approximate surface area is 139 Å². The number of carbonyl (C=O) groups excluding carboxylic acids is 1. The zero-order chi connectivity index (χ0) is 16.4. The van der Waals surface area contributed by atoms with Crippen LogP contribution < -0.4 is 15.8 Å². The molecule has 0 bridgehead atoms. The Hall–Kier alpha value is -1.95. The number of rotatable bonds is 3. The first kappa shape index (κ1) is 15.9. The Morgan fingerprint density at radius 1 is 1.17 bits per heavy atom. The number of hydrogen-bond acceptors (Lipinski definition) is 3. The fourth-order valence-electron chi connectivity index (χ4n) is 2.71. The van der Waals surface area contributed by atoms with Gasteiger partial charge in [0.2, 0.25) is 5.91 Å². The molecule has 1 aliphatic heterocycles. The summed E-state index contributed by atoms with van der Waals surface area (Å²) in [7, 11) is 1.70. The lowest BCUT2D eigenvalue weighted by Gasteiger charge is -2.21. The normalized spacial score (nSPS) is 20.5. The number of likely N-dealkylation sites (N-methyl/N-ethyl adjacent to an activating group) is 1. The summed E-state index contributed by atoms with van der Waals surface area (Å²) in [5.41, 5.74) is 7.71. The van der Waals surface area contributed by atoms with E-state index < -0.39 is 0 Å². The Bertz CT molecular complexity index is 707. The molecule has 0 radical (unpaired) electrons. The molecule has 1 aliphatic rings. The van der Waals surface area contributed by atoms with E-state index in [1.807, 2.05) is 12.1 Å². The van der Waals surface area contributed by atoms with E-state index in [9.17, 15) is 9.18 Å². The van der Waals surface area contributed by atoms with Gasteiger partial charge in [0.1, 0.15) is 11.9 Å². The number of carbonyl (C=O) groups is 1. The fraction of sp³-hybridized carbons (Fsp3) is 0.235. The van der Waals surface area contributed by atoms with Crippen LogP contribution >= 0.6 is 11.6 Å². The first-order valence-electron chi connectivity index (χ1n) is 7.35. The molecular weight excluding hydrogens is 317 g/mol. The molecule has 1 saturated heterocycles. The monoisotopic (exact) mass is 333 g/mol. The molecule has 0 spiro atoms. The maximum absolute atomic E-state index is 13.0. The van der Waals surface area contributed by atoms with E-state index in [1.54, 1.807) is 36.2 Å². The predicted molar refractivity (Wildman–Crippen MR) is 88.7 cm³/mol. The van der Waals surface area contributed by atoms with Gasteiger partial charge in [-0.05, 0) is 36.2 Å². The van der Waals surface area contributed by atoms with E-state index >= 15 is 0 Å². The van der Waals surface area contributed by atoms with Gasteiger partial charge in [0.25, 0.3) is 0 Å². The molecule has 2 N–H and O–H groups in total. The highest BCUT2D eigenvalue weighted by Crippen LogP contribution is 2.27. The molecule has 0 aliphatic carbocycles. The molecule has 3 rings (SSSR count). The lowest BCUT2D eigenvalue weighted by Crippen LogP contribution is -2.44. The highest BCUT2D eigenvalue weighted by molar-refractivity contribution is 6.33. The third-order valence-electron chi connectivity index (χ3n) is 4.02. The van der Waals surface area contributed by atoms with Crippen molar-refractivity contribution < 1.29 is 9.18 Å². The van der Waals surface area contributed by atoms with Crippen LogP contribution in [0.2, 0.25) is 5.02 Å². The SMILES string of the molecule is CN(C(=O)C1CC(c2ccc(F)cc2)NN1)c1ccccc1Cl. The topological polar surface area (TPSA) is 44.4 Å². The minimum absolute atomic E-state index is 0.0378. The minimum Gasteiger partial charge on any atom is -0.313 e. The van der Waals surface area contributed by atoms with Gasteiger partial charge < -0.3 is 4.90 Å². The Morgan fingerprint density at radius 2 is 1.87 bits per heavy atom. The van der Waals surface area contributed by atoms with Gasteiger partial charge in [-0.15, -0.1) is 0 Å². The summed E-state index contributed by atoms with van der Waals surface area (Å²) in [6, 6.07) is 13.1. The van der Waals surface area contributed by atoms with Crippen molar-refractivity contribution in [2.75, 3.05) is 11.9 Å². The number of hydrazine groups is 1. The van der Waals surface area contributed by atoms with Crippen molar-refractivity contribution in [2.45, 2.75) is 18.5 Å². The van der Waals surface area contributed by atoms with Gasteiger partial charge in [0.15, 0.2) is 0 Å². The van der Waals surface area contributed by atoms with E-state index in [-0.39, 0.29) is 23.8 Å². The summed E-state index contributed by atoms with van der Waals surface area (Å²) in [4.78, 5) is 14.2. The molecule has 4 nitrogen and oxygen atoms in total. The molecule has 0 aromatic heterocycles. The Morgan fingerprint density at radius 3 is 2.57 bits per heavy atom. The number of para-hydroxylation sites is 1. The largest absolute Gasteiger partial charge is 0.313 e. The first-order valence-corrected chi connectivity index (χ1v) is 7.72. The molecule has 2 aromatic rings. The molecule has 23 heavy (non-hydrogen) atoms. The molecule has 1 amide bonds. The van der Waals surface area contributed by atoms with Crippen molar-refractivity contribution in [3.05, 3.63) is 64.9 Å². The number of benzene rings is 2. The van der Waals surface area contributed by atoms with E-state index in [2.05, 4.69) is 10.9 Å². The number of amides is 1. The van der Waals surface area contributed by atoms with Crippen molar-refractivity contribution >= 4 is 23.2 Å². The van der Waals surface area contributed by atoms with Crippen LogP contribution in [0.25, 0.3) is 0 Å². The highest BCUT2D eigenvalue weighted by Gasteiger charge is 2.32. The predicted octanol–water partition coefficient (Wildman–Crippen LogP) is 3.05. The van der Waals surface area contributed by atoms with E-state index in [1.165, 1.54) is 12.1 Å². The van der Waals surface area contributed by atoms with E-state index in [4.69, 9.17) is 11.6 Å². The van der Waals surface area contributed by atoms with Gasteiger partial charge in [-0.2, -0.15) is 0 Å². The van der Waals surface area contributed by atoms with Crippen molar-refractivity contribution in [1.82, 2.24) is 10.9 Å². The van der Waals surface area contributed by atoms with Crippen LogP contribution in [0.4, 0.5) is 10.1 Å². The number of halogens is 2. The second-order valence-electron chi connectivity index (χ2n) is 5.53. The van der Waals surface area contributed by atoms with Crippen molar-refractivity contribution in [2.24, 2.45) is 0 Å². The lowest BCUT2D eigenvalue weighted by atomic mass is 10.0. The second kappa shape index (κ2) is 6.66. The standard InChI is InChI=1S/C17H17ClFN3O/c1-22(16-5-3-2-4-13(16)18)17(23)15-10-14(20-21-15)11-6-8-12(19)9-7-11/h2-9,14-15,20-21H,10H2,1H3. The molecule has 2 aromatic carbocycles. The van der Waals surface area contributed by atoms with Crippen molar-refractivity contribution in [3.63, 3.8) is 0 Å². The number of nitrogens with one attached hydrogen (secondary N) is 2. The zero-order valence-electron chi connectivity index (χ0n) is 12.6. The molecule has 6 heteroatoms. The summed E-state index contributed by atoms with van der Waals surface area (Å²) in [6.07, 6.45) is 0.583. The summed E-state index contributed by atoms with van der Waals surface area (Å²) in [6.45, 7) is 0. The number of nitrogens with zero attached hydrogens (tertiary/aromatic N) is 1. The Balaban J connectivity index is 1.70. The molecule has 2 atom stereocenters. The van der Waals surface area contributed by atoms with Gasteiger partial charge in [0, 0.05) is 13.1 Å². The molecular formula is C17H17ClFN3O. The third kappa shape index (κ3) is 3.37. The van der Waals surface area contributed by atoms with Crippen molar-refractivity contribution in [1.29, 1.82) is 0 Å². The van der Waals surface area contributed by atoms with Gasteiger partial charge >= 0.3 is 0 Å². The van der Waals surface area contributed by atoms with E-state index in [0.29, 0.717) is 17.1 Å². The minimum atomic E-state index is -0.369. The van der Waals surface area contributed by atoms with Crippen LogP contribution in [0, 0.1) is 5.82 Å². The average molecular weight is 334 g/mol. The number of hydrogen-bond donors (Lipinski definition) is 2. The summed E-state index contributed by atoms with van der Waals surface area (Å²) < 4.78 is 13.0. The van der Waals surface area contributed by atoms with Gasteiger partial charge in [-0.3, -0.25) is 4.79 Å². The average Bonchev–Trinajstić information content (AvgIpc) is 3.04. The number of anilines is 1. The lowest BCUT2D eigenvalue weighted by molar-refractivity contribution is -0.120. The third-order valence-corrected chi connectivity index (χ3v) is 4.34. The zero-order valence-corrected chi connectivity index (χ0v) is 13.3. The Kier molecular flexibility index (Phi) is 4.61. The smallest absolute Gasteiger partial charge is 0.245 e. The maximum atomic E-state index is 13.0. The van der Waals surface area contributed by atoms with E-state index in [0.717, 1.165) is 5.56 Å². The van der Waals surface area contributed by atoms with Crippen LogP contribution in [0.1, 0.15) is 18.0 Å². The molecule has 1 heterocycles. The highest BCUT2D eigenvalue weighted by atomic mass is 35.5. The molecule has 120 valence electrons. The van der Waals surface area contributed by atoms with Crippen LogP contribution in [0.15, 0.2) is 48.5 Å². The maximum Gasteiger partial charge on any atom is 0.245 e. The summed E-state index contributed by atoms with van der Waals surface area (Å²) >= 11 is 6.14. The summed E-state index contributed by atoms with van der Waals surface area (Å²) in [5.74, 6) is -0.346. The van der Waals surface area contributed by atoms with Gasteiger partial charge in [0.05, 0.1) is 10.7 Å². The molecule has 1 fully saturated rings. The summed E-state index contributed by atoms with van der Waals surface area (Å²) in [5, 5.41) is 0.532.